The smallest absolute Gasteiger partial charge is 0.223 e. The zero-order chi connectivity index (χ0) is 24.2. The molecule has 2 aliphatic heterocycles. The highest BCUT2D eigenvalue weighted by Crippen LogP contribution is 2.38. The van der Waals surface area contributed by atoms with E-state index in [-0.39, 0.29) is 19.1 Å². The lowest BCUT2D eigenvalue weighted by Crippen LogP contribution is -2.67. The second kappa shape index (κ2) is 10.6. The maximum atomic E-state index is 11.9. The van der Waals surface area contributed by atoms with Crippen LogP contribution in [0.3, 0.4) is 0 Å². The molecule has 0 bridgehead atoms. The minimum Gasteiger partial charge on any atom is -0.496 e. The fourth-order valence-corrected chi connectivity index (χ4v) is 4.13. The maximum Gasteiger partial charge on any atom is 0.223 e. The lowest BCUT2D eigenvalue weighted by Gasteiger charge is -2.47. The number of carbonyl (C=O) groups is 1. The van der Waals surface area contributed by atoms with E-state index in [1.165, 1.54) is 14.0 Å². The van der Waals surface area contributed by atoms with Gasteiger partial charge in [-0.3, -0.25) is 4.79 Å². The first-order valence-corrected chi connectivity index (χ1v) is 10.9. The van der Waals surface area contributed by atoms with Crippen LogP contribution in [0.4, 0.5) is 0 Å². The number of rotatable bonds is 7. The summed E-state index contributed by atoms with van der Waals surface area (Å²) < 4.78 is 34.8. The molecule has 0 aromatic heterocycles. The predicted molar refractivity (Wildman–Crippen MR) is 118 cm³/mol. The summed E-state index contributed by atoms with van der Waals surface area (Å²) in [7, 11) is 3.03. The molecule has 2 saturated heterocycles. The Morgan fingerprint density at radius 1 is 1.09 bits per heavy atom. The van der Waals surface area contributed by atoms with Crippen LogP contribution in [0.15, 0.2) is 42.5 Å². The van der Waals surface area contributed by atoms with E-state index >= 15 is 0 Å². The zero-order valence-electron chi connectivity index (χ0n) is 19.2. The summed E-state index contributed by atoms with van der Waals surface area (Å²) in [4.78, 5) is 11.9. The normalized spacial score (nSPS) is 28.5. The number of benzene rings is 2. The van der Waals surface area contributed by atoms with E-state index in [1.54, 1.807) is 31.4 Å². The number of aliphatic hydroxyl groups excluding tert-OH is 2. The van der Waals surface area contributed by atoms with Gasteiger partial charge in [-0.25, -0.2) is 0 Å². The van der Waals surface area contributed by atoms with Gasteiger partial charge in [-0.2, -0.15) is 0 Å². The van der Waals surface area contributed by atoms with Crippen LogP contribution >= 0.6 is 0 Å². The molecule has 184 valence electrons. The number of hydrogen-bond acceptors (Lipinski definition) is 9. The third kappa shape index (κ3) is 4.96. The Bertz CT molecular complexity index is 1000. The highest BCUT2D eigenvalue weighted by Gasteiger charge is 2.51. The van der Waals surface area contributed by atoms with Gasteiger partial charge in [0.1, 0.15) is 30.1 Å². The van der Waals surface area contributed by atoms with Crippen molar-refractivity contribution in [3.8, 4) is 17.2 Å². The van der Waals surface area contributed by atoms with Crippen molar-refractivity contribution in [2.75, 3.05) is 20.8 Å². The first kappa shape index (κ1) is 24.2. The van der Waals surface area contributed by atoms with Crippen molar-refractivity contribution in [2.45, 2.75) is 50.5 Å². The molecule has 6 atom stereocenters. The summed E-state index contributed by atoms with van der Waals surface area (Å²) in [6.07, 6.45) is -4.43. The maximum absolute atomic E-state index is 11.9. The molecule has 2 fully saturated rings. The van der Waals surface area contributed by atoms with Crippen LogP contribution in [-0.4, -0.2) is 67.6 Å². The Hall–Kier alpha value is -2.89. The van der Waals surface area contributed by atoms with Crippen molar-refractivity contribution < 1.29 is 43.4 Å². The summed E-state index contributed by atoms with van der Waals surface area (Å²) in [5, 5.41) is 23.3. The lowest BCUT2D eigenvalue weighted by atomic mass is 9.95. The summed E-state index contributed by atoms with van der Waals surface area (Å²) in [6, 6.07) is 11.3. The monoisotopic (exact) mass is 475 g/mol. The van der Waals surface area contributed by atoms with Crippen molar-refractivity contribution in [2.24, 2.45) is 0 Å². The van der Waals surface area contributed by atoms with Gasteiger partial charge in [-0.15, -0.1) is 0 Å². The van der Waals surface area contributed by atoms with E-state index < -0.39 is 36.9 Å². The molecule has 2 aliphatic rings. The van der Waals surface area contributed by atoms with Gasteiger partial charge in [0.05, 0.1) is 27.4 Å². The molecule has 10 heteroatoms. The predicted octanol–water partition coefficient (Wildman–Crippen LogP) is 1.28. The highest BCUT2D eigenvalue weighted by molar-refractivity contribution is 5.73. The summed E-state index contributed by atoms with van der Waals surface area (Å²) >= 11 is 0. The molecular weight excluding hydrogens is 446 g/mol. The third-order valence-corrected chi connectivity index (χ3v) is 5.78. The fourth-order valence-electron chi connectivity index (χ4n) is 4.13. The SMILES string of the molecule is COc1cc(CO)ccc1OC1OC2COC(c3ccccc3OC)OC2C(O)C1NC(C)=O. The summed E-state index contributed by atoms with van der Waals surface area (Å²) in [5.41, 5.74) is 1.32. The second-order valence-corrected chi connectivity index (χ2v) is 8.03. The molecule has 3 N–H and O–H groups in total. The Balaban J connectivity index is 1.57. The molecule has 6 unspecified atom stereocenters. The number of amides is 1. The molecule has 34 heavy (non-hydrogen) atoms. The average Bonchev–Trinajstić information content (AvgIpc) is 2.86. The van der Waals surface area contributed by atoms with E-state index in [1.807, 2.05) is 18.2 Å². The Kier molecular flexibility index (Phi) is 7.54. The Morgan fingerprint density at radius 2 is 1.85 bits per heavy atom. The zero-order valence-corrected chi connectivity index (χ0v) is 19.2. The first-order chi connectivity index (χ1) is 16.4. The second-order valence-electron chi connectivity index (χ2n) is 8.03. The number of carbonyl (C=O) groups excluding carboxylic acids is 1. The van der Waals surface area contributed by atoms with E-state index in [4.69, 9.17) is 28.4 Å². The van der Waals surface area contributed by atoms with Crippen molar-refractivity contribution in [3.05, 3.63) is 53.6 Å². The average molecular weight is 475 g/mol. The quantitative estimate of drug-likeness (QED) is 0.543. The Labute approximate surface area is 197 Å². The number of methoxy groups -OCH3 is 2. The van der Waals surface area contributed by atoms with Gasteiger partial charge in [0.2, 0.25) is 12.2 Å². The number of aliphatic hydroxyl groups is 2. The summed E-state index contributed by atoms with van der Waals surface area (Å²) in [5.74, 6) is 0.932. The molecule has 0 spiro atoms. The first-order valence-electron chi connectivity index (χ1n) is 10.9. The molecular formula is C24H29NO9. The fraction of sp³-hybridized carbons (Fsp3) is 0.458. The number of para-hydroxylation sites is 1. The lowest BCUT2D eigenvalue weighted by molar-refractivity contribution is -0.334. The van der Waals surface area contributed by atoms with Gasteiger partial charge < -0.3 is 44.0 Å². The van der Waals surface area contributed by atoms with E-state index in [2.05, 4.69) is 5.32 Å². The van der Waals surface area contributed by atoms with Crippen LogP contribution in [0.1, 0.15) is 24.3 Å². The molecule has 10 nitrogen and oxygen atoms in total. The van der Waals surface area contributed by atoms with Gasteiger partial charge in [0.25, 0.3) is 0 Å². The molecule has 0 radical (unpaired) electrons. The highest BCUT2D eigenvalue weighted by atomic mass is 16.7. The van der Waals surface area contributed by atoms with E-state index in [0.29, 0.717) is 28.4 Å². The van der Waals surface area contributed by atoms with Crippen LogP contribution in [0, 0.1) is 0 Å². The van der Waals surface area contributed by atoms with Gasteiger partial charge in [-0.1, -0.05) is 24.3 Å². The van der Waals surface area contributed by atoms with Crippen molar-refractivity contribution >= 4 is 5.91 Å². The number of ether oxygens (including phenoxy) is 6. The molecule has 2 aromatic carbocycles. The molecule has 2 aromatic rings. The van der Waals surface area contributed by atoms with Crippen LogP contribution in [-0.2, 0) is 25.6 Å². The van der Waals surface area contributed by atoms with Gasteiger partial charge in [0, 0.05) is 12.5 Å². The molecule has 2 heterocycles. The van der Waals surface area contributed by atoms with Gasteiger partial charge in [-0.05, 0) is 23.8 Å². The number of nitrogens with one attached hydrogen (secondary N) is 1. The van der Waals surface area contributed by atoms with E-state index in [9.17, 15) is 15.0 Å². The molecule has 4 rings (SSSR count). The Morgan fingerprint density at radius 3 is 2.56 bits per heavy atom. The van der Waals surface area contributed by atoms with E-state index in [0.717, 1.165) is 0 Å². The van der Waals surface area contributed by atoms with Gasteiger partial charge in [0.15, 0.2) is 17.8 Å². The van der Waals surface area contributed by atoms with Crippen LogP contribution < -0.4 is 19.5 Å². The minimum absolute atomic E-state index is 0.123. The van der Waals surface area contributed by atoms with Crippen LogP contribution in [0.25, 0.3) is 0 Å². The van der Waals surface area contributed by atoms with Crippen molar-refractivity contribution in [1.29, 1.82) is 0 Å². The topological polar surface area (TPSA) is 125 Å². The van der Waals surface area contributed by atoms with Crippen molar-refractivity contribution in [1.82, 2.24) is 5.32 Å². The van der Waals surface area contributed by atoms with Crippen LogP contribution in [0.2, 0.25) is 0 Å². The standard InChI is InChI=1S/C24H29NO9/c1-13(27)25-20-21(28)22-19(12-31-23(34-22)15-6-4-5-7-16(15)29-2)33-24(20)32-17-9-8-14(11-26)10-18(17)30-3/h4-10,19-24,26,28H,11-12H2,1-3H3,(H,25,27). The summed E-state index contributed by atoms with van der Waals surface area (Å²) in [6.45, 7) is 1.31. The minimum atomic E-state index is -1.16. The molecule has 1 amide bonds. The molecule has 0 aliphatic carbocycles. The number of hydrogen-bond donors (Lipinski definition) is 3. The third-order valence-electron chi connectivity index (χ3n) is 5.78. The largest absolute Gasteiger partial charge is 0.496 e. The molecule has 0 saturated carbocycles. The van der Waals surface area contributed by atoms with Crippen LogP contribution in [0.5, 0.6) is 17.2 Å². The number of fused-ring (bicyclic) bond motifs is 1. The van der Waals surface area contributed by atoms with Crippen molar-refractivity contribution in [3.63, 3.8) is 0 Å². The van der Waals surface area contributed by atoms with Gasteiger partial charge >= 0.3 is 0 Å².